The molecule has 0 bridgehead atoms. The lowest BCUT2D eigenvalue weighted by Crippen LogP contribution is -2.47. The van der Waals surface area contributed by atoms with E-state index in [2.05, 4.69) is 32.2 Å². The van der Waals surface area contributed by atoms with Crippen LogP contribution in [0.5, 0.6) is 0 Å². The number of nitrogens with zero attached hydrogens (tertiary/aromatic N) is 2. The first-order chi connectivity index (χ1) is 14.9. The Morgan fingerprint density at radius 2 is 1.94 bits per heavy atom. The Kier molecular flexibility index (Phi) is 8.24. The van der Waals surface area contributed by atoms with Crippen LogP contribution < -0.4 is 0 Å². The number of carbonyl (C=O) groups is 2. The van der Waals surface area contributed by atoms with Crippen molar-refractivity contribution >= 4 is 23.2 Å². The maximum Gasteiger partial charge on any atom is 0.242 e. The van der Waals surface area contributed by atoms with Gasteiger partial charge in [0, 0.05) is 24.4 Å². The Labute approximate surface area is 189 Å². The van der Waals surface area contributed by atoms with E-state index in [1.807, 2.05) is 4.90 Å². The number of halogens is 1. The summed E-state index contributed by atoms with van der Waals surface area (Å²) in [4.78, 5) is 31.2. The highest BCUT2D eigenvalue weighted by Crippen LogP contribution is 2.38. The second kappa shape index (κ2) is 10.9. The molecule has 4 nitrogen and oxygen atoms in total. The number of hydrogen-bond donors (Lipinski definition) is 0. The predicted octanol–water partition coefficient (Wildman–Crippen LogP) is 5.43. The fraction of sp³-hybridized carbons (Fsp3) is 0.520. The van der Waals surface area contributed by atoms with Crippen LogP contribution in [0, 0.1) is 11.7 Å². The highest BCUT2D eigenvalue weighted by molar-refractivity contribution is 7.10. The number of thiophene rings is 1. The van der Waals surface area contributed by atoms with Gasteiger partial charge in [-0.1, -0.05) is 45.7 Å². The van der Waals surface area contributed by atoms with E-state index in [-0.39, 0.29) is 30.2 Å². The van der Waals surface area contributed by atoms with Crippen LogP contribution in [-0.4, -0.2) is 41.2 Å². The number of carbonyl (C=O) groups excluding carboxylic acids is 2. The third-order valence-electron chi connectivity index (χ3n) is 5.73. The van der Waals surface area contributed by atoms with Crippen molar-refractivity contribution in [3.05, 3.63) is 57.5 Å². The summed E-state index contributed by atoms with van der Waals surface area (Å²) in [6.45, 7) is 7.53. The zero-order chi connectivity index (χ0) is 22.4. The van der Waals surface area contributed by atoms with Crippen molar-refractivity contribution in [2.45, 2.75) is 58.9 Å². The minimum absolute atomic E-state index is 0.0457. The van der Waals surface area contributed by atoms with Gasteiger partial charge in [0.2, 0.25) is 11.8 Å². The molecule has 168 valence electrons. The van der Waals surface area contributed by atoms with Crippen molar-refractivity contribution in [2.24, 2.45) is 5.92 Å². The standard InChI is InChI=1S/C25H33FN2O2S/c1-4-5-6-7-23(29)27(16-18(2)3)17-24(30)28-14-12-22-21(13-15-31-22)25(28)19-8-10-20(26)11-9-19/h8-11,13,15,18,25H,4-7,12,14,16-17H2,1-3H3. The fourth-order valence-corrected chi connectivity index (χ4v) is 5.13. The second-order valence-electron chi connectivity index (χ2n) is 8.72. The van der Waals surface area contributed by atoms with Gasteiger partial charge in [0.15, 0.2) is 0 Å². The molecule has 0 saturated heterocycles. The lowest BCUT2D eigenvalue weighted by atomic mass is 9.93. The summed E-state index contributed by atoms with van der Waals surface area (Å²) in [5, 5.41) is 2.05. The summed E-state index contributed by atoms with van der Waals surface area (Å²) in [6, 6.07) is 8.24. The van der Waals surface area contributed by atoms with Gasteiger partial charge in [-0.2, -0.15) is 0 Å². The van der Waals surface area contributed by atoms with Crippen LogP contribution in [0.2, 0.25) is 0 Å². The van der Waals surface area contributed by atoms with E-state index in [1.165, 1.54) is 17.0 Å². The molecule has 31 heavy (non-hydrogen) atoms. The molecule has 6 heteroatoms. The first-order valence-corrected chi connectivity index (χ1v) is 12.2. The van der Waals surface area contributed by atoms with Crippen molar-refractivity contribution in [2.75, 3.05) is 19.6 Å². The van der Waals surface area contributed by atoms with Crippen LogP contribution in [0.15, 0.2) is 35.7 Å². The Balaban J connectivity index is 1.81. The van der Waals surface area contributed by atoms with Gasteiger partial charge < -0.3 is 9.80 Å². The zero-order valence-corrected chi connectivity index (χ0v) is 19.6. The van der Waals surface area contributed by atoms with Crippen LogP contribution in [0.4, 0.5) is 4.39 Å². The molecule has 0 fully saturated rings. The van der Waals surface area contributed by atoms with Gasteiger partial charge >= 0.3 is 0 Å². The molecule has 0 spiro atoms. The van der Waals surface area contributed by atoms with Gasteiger partial charge in [-0.3, -0.25) is 9.59 Å². The minimum Gasteiger partial charge on any atom is -0.333 e. The molecule has 2 amide bonds. The van der Waals surface area contributed by atoms with Crippen LogP contribution in [0.1, 0.15) is 68.5 Å². The maximum absolute atomic E-state index is 13.5. The van der Waals surface area contributed by atoms with Crippen molar-refractivity contribution in [3.63, 3.8) is 0 Å². The highest BCUT2D eigenvalue weighted by Gasteiger charge is 2.34. The molecule has 3 rings (SSSR count). The Bertz CT molecular complexity index is 878. The largest absolute Gasteiger partial charge is 0.333 e. The summed E-state index contributed by atoms with van der Waals surface area (Å²) >= 11 is 1.70. The van der Waals surface area contributed by atoms with E-state index in [9.17, 15) is 14.0 Å². The van der Waals surface area contributed by atoms with Crippen LogP contribution >= 0.6 is 11.3 Å². The minimum atomic E-state index is -0.288. The quantitative estimate of drug-likeness (QED) is 0.484. The Hall–Kier alpha value is -2.21. The number of amides is 2. The maximum atomic E-state index is 13.5. The van der Waals surface area contributed by atoms with Gasteiger partial charge in [-0.15, -0.1) is 11.3 Å². The number of rotatable bonds is 9. The molecule has 1 aliphatic rings. The number of benzene rings is 1. The molecule has 1 atom stereocenters. The molecule has 1 aromatic carbocycles. The first kappa shape index (κ1) is 23.5. The molecule has 0 aliphatic carbocycles. The van der Waals surface area contributed by atoms with Gasteiger partial charge in [0.1, 0.15) is 5.82 Å². The second-order valence-corrected chi connectivity index (χ2v) is 9.72. The Morgan fingerprint density at radius 1 is 1.19 bits per heavy atom. The summed E-state index contributed by atoms with van der Waals surface area (Å²) in [5.74, 6) is 0.0159. The summed E-state index contributed by atoms with van der Waals surface area (Å²) in [6.07, 6.45) is 4.24. The number of hydrogen-bond acceptors (Lipinski definition) is 3. The fourth-order valence-electron chi connectivity index (χ4n) is 4.22. The molecule has 2 aromatic rings. The van der Waals surface area contributed by atoms with Gasteiger partial charge in [0.25, 0.3) is 0 Å². The van der Waals surface area contributed by atoms with Crippen molar-refractivity contribution < 1.29 is 14.0 Å². The summed E-state index contributed by atoms with van der Waals surface area (Å²) < 4.78 is 13.5. The lowest BCUT2D eigenvalue weighted by molar-refractivity contribution is -0.142. The molecule has 0 saturated carbocycles. The van der Waals surface area contributed by atoms with E-state index in [1.54, 1.807) is 28.4 Å². The predicted molar refractivity (Wildman–Crippen MR) is 124 cm³/mol. The van der Waals surface area contributed by atoms with Crippen LogP contribution in [0.3, 0.4) is 0 Å². The number of fused-ring (bicyclic) bond motifs is 1. The monoisotopic (exact) mass is 444 g/mol. The van der Waals surface area contributed by atoms with E-state index < -0.39 is 0 Å². The van der Waals surface area contributed by atoms with E-state index in [0.29, 0.717) is 25.4 Å². The lowest BCUT2D eigenvalue weighted by Gasteiger charge is -2.38. The number of unbranched alkanes of at least 4 members (excludes halogenated alkanes) is 2. The molecule has 1 unspecified atom stereocenters. The molecule has 0 N–H and O–H groups in total. The molecule has 1 aliphatic heterocycles. The highest BCUT2D eigenvalue weighted by atomic mass is 32.1. The van der Waals surface area contributed by atoms with Crippen molar-refractivity contribution in [1.82, 2.24) is 9.80 Å². The van der Waals surface area contributed by atoms with Crippen LogP contribution in [-0.2, 0) is 16.0 Å². The third-order valence-corrected chi connectivity index (χ3v) is 6.73. The van der Waals surface area contributed by atoms with Crippen molar-refractivity contribution in [3.8, 4) is 0 Å². The smallest absolute Gasteiger partial charge is 0.242 e. The molecule has 1 aromatic heterocycles. The van der Waals surface area contributed by atoms with E-state index in [0.717, 1.165) is 36.8 Å². The Morgan fingerprint density at radius 3 is 2.61 bits per heavy atom. The average Bonchev–Trinajstić information content (AvgIpc) is 3.22. The first-order valence-electron chi connectivity index (χ1n) is 11.3. The molecule has 0 radical (unpaired) electrons. The molecular weight excluding hydrogens is 411 g/mol. The SMILES string of the molecule is CCCCCC(=O)N(CC(=O)N1CCc2sccc2C1c1ccc(F)cc1)CC(C)C. The van der Waals surface area contributed by atoms with Crippen molar-refractivity contribution in [1.29, 1.82) is 0 Å². The summed E-state index contributed by atoms with van der Waals surface area (Å²) in [5.41, 5.74) is 2.01. The molecule has 2 heterocycles. The average molecular weight is 445 g/mol. The topological polar surface area (TPSA) is 40.6 Å². The van der Waals surface area contributed by atoms with E-state index >= 15 is 0 Å². The van der Waals surface area contributed by atoms with Gasteiger partial charge in [-0.05, 0) is 53.5 Å². The third kappa shape index (κ3) is 5.94. The molecular formula is C25H33FN2O2S. The summed E-state index contributed by atoms with van der Waals surface area (Å²) in [7, 11) is 0. The zero-order valence-electron chi connectivity index (χ0n) is 18.8. The van der Waals surface area contributed by atoms with E-state index in [4.69, 9.17) is 0 Å². The van der Waals surface area contributed by atoms with Gasteiger partial charge in [-0.25, -0.2) is 4.39 Å². The van der Waals surface area contributed by atoms with Crippen LogP contribution in [0.25, 0.3) is 0 Å². The normalized spacial score (nSPS) is 15.8. The van der Waals surface area contributed by atoms with Gasteiger partial charge in [0.05, 0.1) is 12.6 Å².